The maximum absolute atomic E-state index is 14.1. The molecule has 0 amide bonds. The Bertz CT molecular complexity index is 512. The van der Waals surface area contributed by atoms with Gasteiger partial charge in [-0.2, -0.15) is 0 Å². The molecular weight excluding hydrogens is 278 g/mol. The van der Waals surface area contributed by atoms with Crippen LogP contribution in [-0.4, -0.2) is 17.7 Å². The molecule has 2 unspecified atom stereocenters. The largest absolute Gasteiger partial charge is 0.466 e. The van der Waals surface area contributed by atoms with Crippen LogP contribution in [0.5, 0.6) is 0 Å². The van der Waals surface area contributed by atoms with E-state index in [1.54, 1.807) is 6.92 Å². The highest BCUT2D eigenvalue weighted by Crippen LogP contribution is 2.35. The summed E-state index contributed by atoms with van der Waals surface area (Å²) >= 11 is 0. The van der Waals surface area contributed by atoms with Crippen LogP contribution < -0.4 is 0 Å². The van der Waals surface area contributed by atoms with Gasteiger partial charge in [-0.1, -0.05) is 13.3 Å². The number of aliphatic hydroxyl groups is 1. The maximum atomic E-state index is 14.1. The number of carbonyl (C=O) groups is 1. The van der Waals surface area contributed by atoms with E-state index in [0.29, 0.717) is 12.8 Å². The number of hydrogen-bond donors (Lipinski definition) is 1. The Labute approximate surface area is 123 Å². The molecule has 0 spiro atoms. The molecule has 0 aromatic heterocycles. The van der Waals surface area contributed by atoms with Crippen LogP contribution in [0.2, 0.25) is 0 Å². The highest BCUT2D eigenvalue weighted by Gasteiger charge is 2.41. The van der Waals surface area contributed by atoms with E-state index >= 15 is 0 Å². The van der Waals surface area contributed by atoms with Crippen molar-refractivity contribution in [1.29, 1.82) is 0 Å². The lowest BCUT2D eigenvalue weighted by molar-refractivity contribution is -0.158. The summed E-state index contributed by atoms with van der Waals surface area (Å²) in [5.41, 5.74) is -1.91. The van der Waals surface area contributed by atoms with Crippen molar-refractivity contribution in [2.24, 2.45) is 5.92 Å². The number of ether oxygens (including phenoxy) is 1. The van der Waals surface area contributed by atoms with E-state index in [9.17, 15) is 18.7 Å². The lowest BCUT2D eigenvalue weighted by Gasteiger charge is -2.32. The SMILES string of the molecule is CCCC(C(=O)OCC)C(C)(O)c1cc(F)c(C)cc1F. The highest BCUT2D eigenvalue weighted by molar-refractivity contribution is 5.74. The summed E-state index contributed by atoms with van der Waals surface area (Å²) in [6.07, 6.45) is 0.927. The number of aryl methyl sites for hydroxylation is 1. The van der Waals surface area contributed by atoms with Crippen molar-refractivity contribution in [3.8, 4) is 0 Å². The number of hydrogen-bond acceptors (Lipinski definition) is 3. The molecule has 1 aromatic rings. The molecule has 0 bridgehead atoms. The lowest BCUT2D eigenvalue weighted by atomic mass is 9.79. The summed E-state index contributed by atoms with van der Waals surface area (Å²) < 4.78 is 32.7. The monoisotopic (exact) mass is 300 g/mol. The third-order valence-electron chi connectivity index (χ3n) is 3.62. The van der Waals surface area contributed by atoms with Crippen molar-refractivity contribution in [2.75, 3.05) is 6.61 Å². The predicted octanol–water partition coefficient (Wildman–Crippen LogP) is 3.46. The average molecular weight is 300 g/mol. The first-order chi connectivity index (χ1) is 9.75. The van der Waals surface area contributed by atoms with Gasteiger partial charge in [0.2, 0.25) is 0 Å². The molecule has 0 aliphatic heterocycles. The van der Waals surface area contributed by atoms with Gasteiger partial charge in [0.25, 0.3) is 0 Å². The maximum Gasteiger partial charge on any atom is 0.312 e. The second-order valence-corrected chi connectivity index (χ2v) is 5.32. The molecule has 0 aliphatic carbocycles. The molecule has 2 atom stereocenters. The van der Waals surface area contributed by atoms with Crippen LogP contribution in [0.1, 0.15) is 44.7 Å². The smallest absolute Gasteiger partial charge is 0.312 e. The van der Waals surface area contributed by atoms with Crippen molar-refractivity contribution >= 4 is 5.97 Å². The molecule has 1 N–H and O–H groups in total. The van der Waals surface area contributed by atoms with Gasteiger partial charge in [0.1, 0.15) is 17.2 Å². The molecule has 0 saturated carbocycles. The summed E-state index contributed by atoms with van der Waals surface area (Å²) in [6, 6.07) is 1.97. The molecule has 0 aliphatic rings. The van der Waals surface area contributed by atoms with E-state index in [4.69, 9.17) is 4.74 Å². The van der Waals surface area contributed by atoms with E-state index in [-0.39, 0.29) is 17.7 Å². The fourth-order valence-corrected chi connectivity index (χ4v) is 2.38. The van der Waals surface area contributed by atoms with Crippen LogP contribution in [0.25, 0.3) is 0 Å². The van der Waals surface area contributed by atoms with Gasteiger partial charge in [-0.15, -0.1) is 0 Å². The van der Waals surface area contributed by atoms with Crippen LogP contribution >= 0.6 is 0 Å². The molecule has 118 valence electrons. The first kappa shape index (κ1) is 17.6. The lowest BCUT2D eigenvalue weighted by Crippen LogP contribution is -2.39. The number of rotatable bonds is 6. The van der Waals surface area contributed by atoms with Crippen LogP contribution in [-0.2, 0) is 15.1 Å². The molecule has 3 nitrogen and oxygen atoms in total. The Balaban J connectivity index is 3.28. The summed E-state index contributed by atoms with van der Waals surface area (Å²) in [5, 5.41) is 10.7. The first-order valence-corrected chi connectivity index (χ1v) is 7.10. The number of halogens is 2. The van der Waals surface area contributed by atoms with Crippen molar-refractivity contribution < 1.29 is 23.4 Å². The van der Waals surface area contributed by atoms with Crippen LogP contribution in [0.15, 0.2) is 12.1 Å². The standard InChI is InChI=1S/C16H22F2O3/c1-5-7-11(15(19)21-6-2)16(4,20)12-9-13(17)10(3)8-14(12)18/h8-9,11,20H,5-7H2,1-4H3. The Kier molecular flexibility index (Phi) is 5.84. The number of carbonyl (C=O) groups excluding carboxylic acids is 1. The van der Waals surface area contributed by atoms with Gasteiger partial charge in [-0.3, -0.25) is 4.79 Å². The normalized spacial score (nSPS) is 15.4. The Morgan fingerprint density at radius 2 is 1.95 bits per heavy atom. The van der Waals surface area contributed by atoms with Gasteiger partial charge in [-0.25, -0.2) is 8.78 Å². The topological polar surface area (TPSA) is 46.5 Å². The second kappa shape index (κ2) is 6.98. The fourth-order valence-electron chi connectivity index (χ4n) is 2.38. The van der Waals surface area contributed by atoms with Crippen molar-refractivity contribution in [2.45, 2.75) is 46.1 Å². The van der Waals surface area contributed by atoms with Crippen molar-refractivity contribution in [3.05, 3.63) is 34.9 Å². The van der Waals surface area contributed by atoms with Gasteiger partial charge in [0, 0.05) is 5.56 Å². The summed E-state index contributed by atoms with van der Waals surface area (Å²) in [7, 11) is 0. The third kappa shape index (κ3) is 3.79. The van der Waals surface area contributed by atoms with E-state index in [1.807, 2.05) is 6.92 Å². The van der Waals surface area contributed by atoms with E-state index in [1.165, 1.54) is 13.8 Å². The number of benzene rings is 1. The van der Waals surface area contributed by atoms with Gasteiger partial charge in [0.05, 0.1) is 12.5 Å². The summed E-state index contributed by atoms with van der Waals surface area (Å²) in [6.45, 7) is 6.42. The van der Waals surface area contributed by atoms with Crippen LogP contribution in [0.4, 0.5) is 8.78 Å². The van der Waals surface area contributed by atoms with E-state index in [0.717, 1.165) is 12.1 Å². The highest BCUT2D eigenvalue weighted by atomic mass is 19.1. The second-order valence-electron chi connectivity index (χ2n) is 5.32. The first-order valence-electron chi connectivity index (χ1n) is 7.10. The molecule has 1 aromatic carbocycles. The molecule has 0 saturated heterocycles. The zero-order valence-electron chi connectivity index (χ0n) is 12.9. The van der Waals surface area contributed by atoms with Crippen molar-refractivity contribution in [1.82, 2.24) is 0 Å². The van der Waals surface area contributed by atoms with Crippen LogP contribution in [0.3, 0.4) is 0 Å². The molecule has 0 fully saturated rings. The Morgan fingerprint density at radius 3 is 2.48 bits per heavy atom. The minimum Gasteiger partial charge on any atom is -0.466 e. The third-order valence-corrected chi connectivity index (χ3v) is 3.62. The summed E-state index contributed by atoms with van der Waals surface area (Å²) in [4.78, 5) is 12.0. The van der Waals surface area contributed by atoms with Gasteiger partial charge < -0.3 is 9.84 Å². The molecule has 1 rings (SSSR count). The van der Waals surface area contributed by atoms with Crippen LogP contribution in [0, 0.1) is 24.5 Å². The zero-order chi connectivity index (χ0) is 16.2. The minimum absolute atomic E-state index is 0.148. The molecular formula is C16H22F2O3. The minimum atomic E-state index is -1.83. The molecule has 0 radical (unpaired) electrons. The van der Waals surface area contributed by atoms with Crippen molar-refractivity contribution in [3.63, 3.8) is 0 Å². The Morgan fingerprint density at radius 1 is 1.33 bits per heavy atom. The van der Waals surface area contributed by atoms with Gasteiger partial charge in [-0.05, 0) is 44.9 Å². The van der Waals surface area contributed by atoms with Gasteiger partial charge >= 0.3 is 5.97 Å². The molecule has 5 heteroatoms. The summed E-state index contributed by atoms with van der Waals surface area (Å²) in [5.74, 6) is -2.90. The predicted molar refractivity (Wildman–Crippen MR) is 75.7 cm³/mol. The van der Waals surface area contributed by atoms with E-state index in [2.05, 4.69) is 0 Å². The zero-order valence-corrected chi connectivity index (χ0v) is 12.9. The molecule has 21 heavy (non-hydrogen) atoms. The van der Waals surface area contributed by atoms with E-state index < -0.39 is 29.1 Å². The number of esters is 1. The molecule has 0 heterocycles. The quantitative estimate of drug-likeness (QED) is 0.818. The average Bonchev–Trinajstić information content (AvgIpc) is 2.39. The van der Waals surface area contributed by atoms with Gasteiger partial charge in [0.15, 0.2) is 0 Å². The Hall–Kier alpha value is -1.49. The fraction of sp³-hybridized carbons (Fsp3) is 0.562.